The quantitative estimate of drug-likeness (QED) is 0.524. The number of benzene rings is 2. The lowest BCUT2D eigenvalue weighted by Gasteiger charge is -2.13. The zero-order valence-electron chi connectivity index (χ0n) is 15.6. The van der Waals surface area contributed by atoms with Gasteiger partial charge >= 0.3 is 6.18 Å². The van der Waals surface area contributed by atoms with Crippen molar-refractivity contribution in [3.05, 3.63) is 53.1 Å². The minimum atomic E-state index is -4.50. The maximum absolute atomic E-state index is 12.8. The Balaban J connectivity index is 2.02. The third kappa shape index (κ3) is 4.12. The highest BCUT2D eigenvalue weighted by atomic mass is 32.2. The van der Waals surface area contributed by atoms with Crippen LogP contribution in [-0.2, 0) is 21.3 Å². The highest BCUT2D eigenvalue weighted by molar-refractivity contribution is 7.92. The van der Waals surface area contributed by atoms with Crippen molar-refractivity contribution < 1.29 is 17.4 Å². The molecule has 1 atom stereocenters. The first-order chi connectivity index (χ1) is 13.5. The van der Waals surface area contributed by atoms with Gasteiger partial charge in [0.1, 0.15) is 0 Å². The van der Waals surface area contributed by atoms with Crippen LogP contribution < -0.4 is 5.73 Å². The standard InChI is InChI=1S/C20H19F3N4OS/c1-2-29(26,28)18-10-14(19(12-24)7-8-19)5-6-17(18)27-11-13-3-4-15(9-16(13)25)20(21,22)23/h3-6,9-11,26H,2,7-8,25H2,1H3. The van der Waals surface area contributed by atoms with Crippen LogP contribution in [0.15, 0.2) is 46.3 Å². The van der Waals surface area contributed by atoms with Crippen LogP contribution >= 0.6 is 0 Å². The number of nitrogens with two attached hydrogens (primary N) is 1. The van der Waals surface area contributed by atoms with Gasteiger partial charge in [0.25, 0.3) is 0 Å². The lowest BCUT2D eigenvalue weighted by molar-refractivity contribution is -0.137. The molecule has 5 nitrogen and oxygen atoms in total. The Morgan fingerprint density at radius 2 is 2.00 bits per heavy atom. The first-order valence-electron chi connectivity index (χ1n) is 8.85. The van der Waals surface area contributed by atoms with Crippen molar-refractivity contribution in [2.24, 2.45) is 4.99 Å². The Labute approximate surface area is 167 Å². The van der Waals surface area contributed by atoms with Gasteiger partial charge in [0.05, 0.1) is 37.4 Å². The van der Waals surface area contributed by atoms with Crippen molar-refractivity contribution >= 4 is 27.3 Å². The number of nitrogens with zero attached hydrogens (tertiary/aromatic N) is 2. The largest absolute Gasteiger partial charge is 0.416 e. The molecule has 29 heavy (non-hydrogen) atoms. The second-order valence-electron chi connectivity index (χ2n) is 6.94. The number of hydrogen-bond donors (Lipinski definition) is 2. The molecular weight excluding hydrogens is 401 g/mol. The molecular formula is C20H19F3N4OS. The zero-order valence-corrected chi connectivity index (χ0v) is 16.4. The van der Waals surface area contributed by atoms with Crippen molar-refractivity contribution in [3.8, 4) is 6.07 Å². The van der Waals surface area contributed by atoms with Gasteiger partial charge in [-0.1, -0.05) is 19.1 Å². The van der Waals surface area contributed by atoms with E-state index >= 15 is 0 Å². The maximum Gasteiger partial charge on any atom is 0.416 e. The number of halogens is 3. The molecule has 0 aromatic heterocycles. The Kier molecular flexibility index (Phi) is 5.17. The van der Waals surface area contributed by atoms with E-state index in [2.05, 4.69) is 11.1 Å². The van der Waals surface area contributed by atoms with Crippen molar-refractivity contribution in [2.75, 3.05) is 11.5 Å². The fourth-order valence-corrected chi connectivity index (χ4v) is 4.02. The summed E-state index contributed by atoms with van der Waals surface area (Å²) in [5.41, 5.74) is 5.42. The van der Waals surface area contributed by atoms with E-state index in [-0.39, 0.29) is 27.6 Å². The third-order valence-corrected chi connectivity index (χ3v) is 6.85. The van der Waals surface area contributed by atoms with Crippen LogP contribution in [-0.4, -0.2) is 16.2 Å². The highest BCUT2D eigenvalue weighted by Gasteiger charge is 2.45. The van der Waals surface area contributed by atoms with Crippen molar-refractivity contribution in [1.29, 1.82) is 10.0 Å². The summed E-state index contributed by atoms with van der Waals surface area (Å²) in [7, 11) is -3.14. The molecule has 9 heteroatoms. The van der Waals surface area contributed by atoms with E-state index in [1.165, 1.54) is 12.3 Å². The predicted molar refractivity (Wildman–Crippen MR) is 106 cm³/mol. The molecule has 0 radical (unpaired) electrons. The molecule has 0 spiro atoms. The Hall–Kier alpha value is -2.86. The minimum absolute atomic E-state index is 0.0704. The van der Waals surface area contributed by atoms with Gasteiger partial charge in [-0.05, 0) is 42.7 Å². The van der Waals surface area contributed by atoms with Crippen LogP contribution in [0.1, 0.15) is 36.5 Å². The Bertz CT molecular complexity index is 1130. The fourth-order valence-electron chi connectivity index (χ4n) is 2.94. The normalized spacial score (nSPS) is 17.6. The SMILES string of the molecule is CCS(=N)(=O)c1cc(C2(C#N)CC2)ccc1N=Cc1ccc(C(F)(F)F)cc1N. The second kappa shape index (κ2) is 7.19. The molecule has 3 N–H and O–H groups in total. The van der Waals surface area contributed by atoms with Gasteiger partial charge in [0.2, 0.25) is 0 Å². The van der Waals surface area contributed by atoms with Crippen molar-refractivity contribution in [3.63, 3.8) is 0 Å². The zero-order chi connectivity index (χ0) is 21.4. The first kappa shape index (κ1) is 20.9. The van der Waals surface area contributed by atoms with Gasteiger partial charge in [0.15, 0.2) is 0 Å². The number of aliphatic imine (C=N–C) groups is 1. The van der Waals surface area contributed by atoms with Crippen LogP contribution in [0.4, 0.5) is 24.5 Å². The number of rotatable bonds is 5. The predicted octanol–water partition coefficient (Wildman–Crippen LogP) is 5.02. The summed E-state index contributed by atoms with van der Waals surface area (Å²) in [5.74, 6) is 0.0704. The van der Waals surface area contributed by atoms with E-state index in [0.29, 0.717) is 18.4 Å². The number of nitrogens with one attached hydrogen (secondary N) is 1. The van der Waals surface area contributed by atoms with Gasteiger partial charge in [-0.15, -0.1) is 0 Å². The van der Waals surface area contributed by atoms with E-state index in [1.807, 2.05) is 0 Å². The number of hydrogen-bond acceptors (Lipinski definition) is 5. The molecule has 1 aliphatic rings. The van der Waals surface area contributed by atoms with Crippen LogP contribution in [0.5, 0.6) is 0 Å². The Morgan fingerprint density at radius 3 is 2.52 bits per heavy atom. The molecule has 0 amide bonds. The summed E-state index contributed by atoms with van der Waals surface area (Å²) in [4.78, 5) is 4.45. The molecule has 0 aliphatic heterocycles. The van der Waals surface area contributed by atoms with Crippen molar-refractivity contribution in [2.45, 2.75) is 36.3 Å². The average molecular weight is 420 g/mol. The topological polar surface area (TPSA) is 103 Å². The molecule has 152 valence electrons. The van der Waals surface area contributed by atoms with E-state index in [1.54, 1.807) is 25.1 Å². The number of alkyl halides is 3. The van der Waals surface area contributed by atoms with Gasteiger partial charge in [-0.25, -0.2) is 8.99 Å². The van der Waals surface area contributed by atoms with E-state index in [0.717, 1.165) is 12.1 Å². The summed E-state index contributed by atoms with van der Waals surface area (Å²) in [6.45, 7) is 1.63. The molecule has 0 saturated heterocycles. The lowest BCUT2D eigenvalue weighted by atomic mass is 9.97. The van der Waals surface area contributed by atoms with E-state index < -0.39 is 26.9 Å². The molecule has 1 unspecified atom stereocenters. The number of nitriles is 1. The van der Waals surface area contributed by atoms with Gasteiger partial charge in [0, 0.05) is 23.2 Å². The van der Waals surface area contributed by atoms with Crippen LogP contribution in [0.2, 0.25) is 0 Å². The maximum atomic E-state index is 12.8. The highest BCUT2D eigenvalue weighted by Crippen LogP contribution is 2.48. The van der Waals surface area contributed by atoms with Gasteiger partial charge < -0.3 is 5.73 Å². The summed E-state index contributed by atoms with van der Waals surface area (Å²) in [6, 6.07) is 10.1. The summed E-state index contributed by atoms with van der Waals surface area (Å²) >= 11 is 0. The lowest BCUT2D eigenvalue weighted by Crippen LogP contribution is -2.08. The summed E-state index contributed by atoms with van der Waals surface area (Å²) in [5, 5.41) is 9.40. The van der Waals surface area contributed by atoms with E-state index in [9.17, 15) is 22.6 Å². The van der Waals surface area contributed by atoms with Gasteiger partial charge in [-0.3, -0.25) is 4.99 Å². The summed E-state index contributed by atoms with van der Waals surface area (Å²) in [6.07, 6.45) is -1.79. The number of anilines is 1. The summed E-state index contributed by atoms with van der Waals surface area (Å²) < 4.78 is 59.3. The average Bonchev–Trinajstić information content (AvgIpc) is 3.47. The van der Waals surface area contributed by atoms with Crippen LogP contribution in [0.25, 0.3) is 0 Å². The second-order valence-corrected chi connectivity index (χ2v) is 9.31. The fraction of sp³-hybridized carbons (Fsp3) is 0.300. The molecule has 2 aromatic carbocycles. The monoisotopic (exact) mass is 420 g/mol. The third-order valence-electron chi connectivity index (χ3n) is 5.00. The molecule has 2 aromatic rings. The smallest absolute Gasteiger partial charge is 0.398 e. The molecule has 1 fully saturated rings. The molecule has 3 rings (SSSR count). The van der Waals surface area contributed by atoms with Gasteiger partial charge in [-0.2, -0.15) is 18.4 Å². The molecule has 0 bridgehead atoms. The Morgan fingerprint density at radius 1 is 1.31 bits per heavy atom. The van der Waals surface area contributed by atoms with E-state index in [4.69, 9.17) is 10.5 Å². The number of nitrogen functional groups attached to an aromatic ring is 1. The molecule has 1 aliphatic carbocycles. The van der Waals surface area contributed by atoms with Crippen LogP contribution in [0, 0.1) is 16.1 Å². The van der Waals surface area contributed by atoms with Crippen LogP contribution in [0.3, 0.4) is 0 Å². The minimum Gasteiger partial charge on any atom is -0.398 e. The molecule has 1 saturated carbocycles. The van der Waals surface area contributed by atoms with Crippen molar-refractivity contribution in [1.82, 2.24) is 0 Å². The molecule has 0 heterocycles. The first-order valence-corrected chi connectivity index (χ1v) is 10.6.